The molecule has 0 amide bonds. The van der Waals surface area contributed by atoms with Crippen LogP contribution in [-0.2, 0) is 6.54 Å². The van der Waals surface area contributed by atoms with Crippen LogP contribution in [0.25, 0.3) is 0 Å². The summed E-state index contributed by atoms with van der Waals surface area (Å²) in [5.74, 6) is -1.70. The quantitative estimate of drug-likeness (QED) is 0.872. The van der Waals surface area contributed by atoms with Gasteiger partial charge in [-0.1, -0.05) is 30.3 Å². The van der Waals surface area contributed by atoms with Gasteiger partial charge in [-0.3, -0.25) is 0 Å². The van der Waals surface area contributed by atoms with Gasteiger partial charge in [0.15, 0.2) is 5.82 Å². The van der Waals surface area contributed by atoms with Crippen molar-refractivity contribution in [1.29, 1.82) is 0 Å². The average molecular weight is 352 g/mol. The van der Waals surface area contributed by atoms with E-state index in [-0.39, 0.29) is 10.0 Å². The number of carboxylic acid groups (broad SMARTS) is 1. The fourth-order valence-electron chi connectivity index (χ4n) is 2.12. The normalized spacial score (nSPS) is 10.4. The summed E-state index contributed by atoms with van der Waals surface area (Å²) in [6, 6.07) is 12.7. The Labute approximate surface area is 131 Å². The molecule has 0 bridgehead atoms. The van der Waals surface area contributed by atoms with Crippen LogP contribution < -0.4 is 4.90 Å². The predicted octanol–water partition coefficient (Wildman–Crippen LogP) is 4.31. The van der Waals surface area contributed by atoms with Gasteiger partial charge in [0.25, 0.3) is 0 Å². The molecular weight excluding hydrogens is 337 g/mol. The van der Waals surface area contributed by atoms with E-state index in [1.807, 2.05) is 42.2 Å². The molecule has 0 saturated heterocycles. The topological polar surface area (TPSA) is 40.5 Å². The Bertz CT molecular complexity index is 646. The van der Waals surface area contributed by atoms with Crippen LogP contribution in [0.3, 0.4) is 0 Å². The van der Waals surface area contributed by atoms with Gasteiger partial charge in [-0.25, -0.2) is 9.18 Å². The van der Waals surface area contributed by atoms with Crippen molar-refractivity contribution in [2.24, 2.45) is 0 Å². The third-order valence-electron chi connectivity index (χ3n) is 3.23. The van der Waals surface area contributed by atoms with Crippen LogP contribution in [-0.4, -0.2) is 17.6 Å². The van der Waals surface area contributed by atoms with E-state index in [0.29, 0.717) is 18.8 Å². The van der Waals surface area contributed by atoms with E-state index in [2.05, 4.69) is 15.9 Å². The molecule has 0 saturated carbocycles. The minimum Gasteiger partial charge on any atom is -0.478 e. The molecule has 0 aliphatic rings. The highest BCUT2D eigenvalue weighted by Gasteiger charge is 2.19. The Balaban J connectivity index is 2.35. The molecule has 0 heterocycles. The molecule has 110 valence electrons. The van der Waals surface area contributed by atoms with Crippen molar-refractivity contribution in [2.75, 3.05) is 11.4 Å². The molecule has 0 unspecified atom stereocenters. The van der Waals surface area contributed by atoms with E-state index in [1.54, 1.807) is 0 Å². The van der Waals surface area contributed by atoms with Gasteiger partial charge >= 0.3 is 5.97 Å². The number of rotatable bonds is 5. The maximum Gasteiger partial charge on any atom is 0.336 e. The molecule has 2 aromatic rings. The largest absolute Gasteiger partial charge is 0.478 e. The third-order valence-corrected chi connectivity index (χ3v) is 4.01. The summed E-state index contributed by atoms with van der Waals surface area (Å²) >= 11 is 3.03. The van der Waals surface area contributed by atoms with Gasteiger partial charge in [-0.15, -0.1) is 0 Å². The molecule has 1 N–H and O–H groups in total. The zero-order valence-corrected chi connectivity index (χ0v) is 13.1. The fraction of sp³-hybridized carbons (Fsp3) is 0.188. The number of hydrogen-bond acceptors (Lipinski definition) is 2. The van der Waals surface area contributed by atoms with E-state index in [1.165, 1.54) is 12.1 Å². The molecule has 0 spiro atoms. The molecular formula is C16H15BrFNO2. The standard InChI is InChI=1S/C16H15BrFNO2/c1-2-19(10-11-6-4-3-5-7-11)13-9-8-12(16(20)21)14(17)15(13)18/h3-9H,2,10H2,1H3,(H,20,21). The van der Waals surface area contributed by atoms with Gasteiger partial charge in [0.2, 0.25) is 0 Å². The SMILES string of the molecule is CCN(Cc1ccccc1)c1ccc(C(=O)O)c(Br)c1F. The van der Waals surface area contributed by atoms with Crippen molar-refractivity contribution in [2.45, 2.75) is 13.5 Å². The lowest BCUT2D eigenvalue weighted by Gasteiger charge is -2.24. The Morgan fingerprint density at radius 3 is 2.48 bits per heavy atom. The Kier molecular flexibility index (Phi) is 4.96. The van der Waals surface area contributed by atoms with Crippen molar-refractivity contribution in [3.63, 3.8) is 0 Å². The predicted molar refractivity (Wildman–Crippen MR) is 84.2 cm³/mol. The van der Waals surface area contributed by atoms with Crippen molar-refractivity contribution in [3.05, 3.63) is 63.9 Å². The molecule has 0 aliphatic heterocycles. The van der Waals surface area contributed by atoms with Gasteiger partial charge in [0.05, 0.1) is 15.7 Å². The number of anilines is 1. The van der Waals surface area contributed by atoms with Crippen molar-refractivity contribution in [1.82, 2.24) is 0 Å². The average Bonchev–Trinajstić information content (AvgIpc) is 2.48. The monoisotopic (exact) mass is 351 g/mol. The van der Waals surface area contributed by atoms with Gasteiger partial charge in [-0.05, 0) is 40.5 Å². The molecule has 0 aromatic heterocycles. The third kappa shape index (κ3) is 3.42. The number of benzene rings is 2. The van der Waals surface area contributed by atoms with Crippen LogP contribution in [0.15, 0.2) is 46.9 Å². The van der Waals surface area contributed by atoms with Gasteiger partial charge < -0.3 is 10.0 Å². The molecule has 21 heavy (non-hydrogen) atoms. The molecule has 2 aromatic carbocycles. The summed E-state index contributed by atoms with van der Waals surface area (Å²) in [7, 11) is 0. The Hall–Kier alpha value is -1.88. The second-order valence-corrected chi connectivity index (χ2v) is 5.36. The first-order valence-electron chi connectivity index (χ1n) is 6.54. The summed E-state index contributed by atoms with van der Waals surface area (Å²) in [5.41, 5.74) is 1.38. The van der Waals surface area contributed by atoms with Crippen LogP contribution in [0.4, 0.5) is 10.1 Å². The Morgan fingerprint density at radius 1 is 1.24 bits per heavy atom. The summed E-state index contributed by atoms with van der Waals surface area (Å²) < 4.78 is 14.4. The maximum atomic E-state index is 14.4. The molecule has 0 fully saturated rings. The highest BCUT2D eigenvalue weighted by Crippen LogP contribution is 2.30. The molecule has 0 radical (unpaired) electrons. The van der Waals surface area contributed by atoms with Crippen molar-refractivity contribution < 1.29 is 14.3 Å². The maximum absolute atomic E-state index is 14.4. The lowest BCUT2D eigenvalue weighted by Crippen LogP contribution is -2.23. The van der Waals surface area contributed by atoms with E-state index in [0.717, 1.165) is 5.56 Å². The smallest absolute Gasteiger partial charge is 0.336 e. The zero-order chi connectivity index (χ0) is 15.4. The minimum absolute atomic E-state index is 0.0148. The molecule has 3 nitrogen and oxygen atoms in total. The fourth-order valence-corrected chi connectivity index (χ4v) is 2.62. The van der Waals surface area contributed by atoms with Gasteiger partial charge in [0.1, 0.15) is 0 Å². The summed E-state index contributed by atoms with van der Waals surface area (Å²) in [5, 5.41) is 9.00. The molecule has 2 rings (SSSR count). The van der Waals surface area contributed by atoms with Crippen LogP contribution in [0.2, 0.25) is 0 Å². The number of carboxylic acids is 1. The molecule has 0 aliphatic carbocycles. The number of carbonyl (C=O) groups is 1. The second kappa shape index (κ2) is 6.72. The van der Waals surface area contributed by atoms with E-state index >= 15 is 0 Å². The van der Waals surface area contributed by atoms with E-state index in [9.17, 15) is 9.18 Å². The molecule has 0 atom stereocenters. The van der Waals surface area contributed by atoms with Crippen molar-refractivity contribution in [3.8, 4) is 0 Å². The first kappa shape index (κ1) is 15.5. The lowest BCUT2D eigenvalue weighted by atomic mass is 10.1. The van der Waals surface area contributed by atoms with E-state index in [4.69, 9.17) is 5.11 Å². The van der Waals surface area contributed by atoms with Crippen LogP contribution in [0.5, 0.6) is 0 Å². The summed E-state index contributed by atoms with van der Waals surface area (Å²) in [6.45, 7) is 3.11. The van der Waals surface area contributed by atoms with Gasteiger partial charge in [0, 0.05) is 13.1 Å². The van der Waals surface area contributed by atoms with Crippen LogP contribution >= 0.6 is 15.9 Å². The van der Waals surface area contributed by atoms with E-state index < -0.39 is 11.8 Å². The second-order valence-electron chi connectivity index (χ2n) is 4.57. The van der Waals surface area contributed by atoms with Crippen molar-refractivity contribution >= 4 is 27.6 Å². The number of aromatic carboxylic acids is 1. The highest BCUT2D eigenvalue weighted by atomic mass is 79.9. The molecule has 5 heteroatoms. The van der Waals surface area contributed by atoms with Gasteiger partial charge in [-0.2, -0.15) is 0 Å². The Morgan fingerprint density at radius 2 is 1.90 bits per heavy atom. The van der Waals surface area contributed by atoms with Crippen LogP contribution in [0.1, 0.15) is 22.8 Å². The zero-order valence-electron chi connectivity index (χ0n) is 11.5. The highest BCUT2D eigenvalue weighted by molar-refractivity contribution is 9.10. The summed E-state index contributed by atoms with van der Waals surface area (Å²) in [6.07, 6.45) is 0. The number of nitrogens with zero attached hydrogens (tertiary/aromatic N) is 1. The lowest BCUT2D eigenvalue weighted by molar-refractivity contribution is 0.0695. The minimum atomic E-state index is -1.15. The van der Waals surface area contributed by atoms with Crippen LogP contribution in [0, 0.1) is 5.82 Å². The first-order chi connectivity index (χ1) is 10.0. The number of halogens is 2. The number of hydrogen-bond donors (Lipinski definition) is 1. The first-order valence-corrected chi connectivity index (χ1v) is 7.34. The summed E-state index contributed by atoms with van der Waals surface area (Å²) in [4.78, 5) is 12.9.